The van der Waals surface area contributed by atoms with E-state index >= 15 is 0 Å². The number of amides is 3. The molecule has 0 radical (unpaired) electrons. The van der Waals surface area contributed by atoms with Gasteiger partial charge < -0.3 is 14.7 Å². The van der Waals surface area contributed by atoms with E-state index in [0.717, 1.165) is 5.56 Å². The van der Waals surface area contributed by atoms with Gasteiger partial charge in [-0.15, -0.1) is 0 Å². The molecule has 1 saturated heterocycles. The highest BCUT2D eigenvalue weighted by Crippen LogP contribution is 2.41. The quantitative estimate of drug-likeness (QED) is 0.563. The Kier molecular flexibility index (Phi) is 4.87. The predicted octanol–water partition coefficient (Wildman–Crippen LogP) is 5.35. The minimum atomic E-state index is -0.440. The number of fused-ring (bicyclic) bond motifs is 3. The summed E-state index contributed by atoms with van der Waals surface area (Å²) >= 11 is 12.7. The number of halogens is 2. The minimum absolute atomic E-state index is 0.0530. The number of carbonyl (C=O) groups excluding carboxylic acids is 2. The zero-order valence-electron chi connectivity index (χ0n) is 16.6. The van der Waals surface area contributed by atoms with Crippen LogP contribution in [0.5, 0.6) is 0 Å². The lowest BCUT2D eigenvalue weighted by Gasteiger charge is -2.40. The van der Waals surface area contributed by atoms with Gasteiger partial charge in [-0.2, -0.15) is 0 Å². The summed E-state index contributed by atoms with van der Waals surface area (Å²) in [5.41, 5.74) is 2.71. The topological polar surface area (TPSA) is 78.7 Å². The molecule has 2 aliphatic rings. The van der Waals surface area contributed by atoms with Crippen LogP contribution < -0.4 is 5.32 Å². The summed E-state index contributed by atoms with van der Waals surface area (Å²) in [6.45, 7) is 2.82. The van der Waals surface area contributed by atoms with Gasteiger partial charge in [-0.1, -0.05) is 52.6 Å². The lowest BCUT2D eigenvalue weighted by atomic mass is 10.1. The molecule has 5 rings (SSSR count). The Bertz CT molecular complexity index is 1190. The van der Waals surface area contributed by atoms with E-state index in [1.807, 2.05) is 18.2 Å². The Balaban J connectivity index is 1.49. The molecule has 9 heteroatoms. The molecule has 7 nitrogen and oxygen atoms in total. The Morgan fingerprint density at radius 2 is 1.87 bits per heavy atom. The lowest BCUT2D eigenvalue weighted by molar-refractivity contribution is 0.0355. The summed E-state index contributed by atoms with van der Waals surface area (Å²) in [6.07, 6.45) is 0.250. The normalized spacial score (nSPS) is 17.5. The van der Waals surface area contributed by atoms with Crippen molar-refractivity contribution in [3.8, 4) is 11.3 Å². The van der Waals surface area contributed by atoms with Crippen molar-refractivity contribution < 1.29 is 14.1 Å². The monoisotopic (exact) mass is 456 g/mol. The maximum atomic E-state index is 13.4. The van der Waals surface area contributed by atoms with E-state index in [9.17, 15) is 9.59 Å². The number of carbonyl (C=O) groups is 2. The van der Waals surface area contributed by atoms with Crippen molar-refractivity contribution in [3.05, 3.63) is 69.4 Å². The third-order valence-electron chi connectivity index (χ3n) is 5.67. The number of aryl methyl sites for hydroxylation is 1. The van der Waals surface area contributed by atoms with Crippen LogP contribution in [-0.2, 0) is 0 Å². The Labute approximate surface area is 188 Å². The summed E-state index contributed by atoms with van der Waals surface area (Å²) in [4.78, 5) is 29.6. The maximum Gasteiger partial charge on any atom is 0.323 e. The van der Waals surface area contributed by atoms with Crippen LogP contribution in [0.15, 0.2) is 47.0 Å². The van der Waals surface area contributed by atoms with Gasteiger partial charge in [0, 0.05) is 29.8 Å². The van der Waals surface area contributed by atoms with E-state index in [4.69, 9.17) is 27.7 Å². The fourth-order valence-corrected chi connectivity index (χ4v) is 4.83. The molecule has 1 N–H and O–H groups in total. The molecule has 158 valence electrons. The number of urea groups is 1. The van der Waals surface area contributed by atoms with Gasteiger partial charge in [0.2, 0.25) is 0 Å². The highest BCUT2D eigenvalue weighted by molar-refractivity contribution is 6.39. The second kappa shape index (κ2) is 7.59. The van der Waals surface area contributed by atoms with Gasteiger partial charge in [-0.3, -0.25) is 9.69 Å². The Hall–Kier alpha value is -3.03. The van der Waals surface area contributed by atoms with Crippen molar-refractivity contribution >= 4 is 40.8 Å². The highest BCUT2D eigenvalue weighted by Gasteiger charge is 2.44. The number of rotatable bonds is 2. The van der Waals surface area contributed by atoms with Crippen molar-refractivity contribution in [2.45, 2.75) is 19.5 Å². The molecule has 1 aromatic heterocycles. The average molecular weight is 457 g/mol. The third-order valence-corrected chi connectivity index (χ3v) is 6.30. The second-order valence-corrected chi connectivity index (χ2v) is 8.31. The van der Waals surface area contributed by atoms with Gasteiger partial charge in [0.05, 0.1) is 10.0 Å². The first-order chi connectivity index (χ1) is 15.0. The van der Waals surface area contributed by atoms with Gasteiger partial charge in [-0.25, -0.2) is 4.79 Å². The Morgan fingerprint density at radius 1 is 1.13 bits per heavy atom. The molecule has 0 bridgehead atoms. The van der Waals surface area contributed by atoms with Gasteiger partial charge in [-0.05, 0) is 31.5 Å². The smallest absolute Gasteiger partial charge is 0.323 e. The molecule has 0 aliphatic carbocycles. The molecule has 1 atom stereocenters. The number of benzene rings is 2. The molecule has 31 heavy (non-hydrogen) atoms. The molecule has 2 aromatic carbocycles. The zero-order chi connectivity index (χ0) is 21.7. The van der Waals surface area contributed by atoms with Crippen LogP contribution in [0.25, 0.3) is 11.3 Å². The van der Waals surface area contributed by atoms with E-state index < -0.39 is 6.17 Å². The number of nitrogens with zero attached hydrogens (tertiary/aromatic N) is 3. The molecule has 2 aliphatic heterocycles. The fourth-order valence-electron chi connectivity index (χ4n) is 4.25. The van der Waals surface area contributed by atoms with Crippen LogP contribution in [0.2, 0.25) is 10.0 Å². The number of aromatic nitrogens is 1. The van der Waals surface area contributed by atoms with Crippen molar-refractivity contribution in [1.82, 2.24) is 15.0 Å². The summed E-state index contributed by atoms with van der Waals surface area (Å²) in [6, 6.07) is 12.2. The van der Waals surface area contributed by atoms with Crippen molar-refractivity contribution in [2.75, 3.05) is 18.4 Å². The lowest BCUT2D eigenvalue weighted by Crippen LogP contribution is -2.50. The summed E-state index contributed by atoms with van der Waals surface area (Å²) in [5, 5.41) is 7.79. The second-order valence-electron chi connectivity index (χ2n) is 7.50. The van der Waals surface area contributed by atoms with Crippen LogP contribution in [0, 0.1) is 6.92 Å². The first kappa shape index (κ1) is 19.9. The molecular formula is C22H18Cl2N4O3. The van der Waals surface area contributed by atoms with Crippen LogP contribution in [-0.4, -0.2) is 40.0 Å². The largest absolute Gasteiger partial charge is 0.359 e. The average Bonchev–Trinajstić information content (AvgIpc) is 3.26. The summed E-state index contributed by atoms with van der Waals surface area (Å²) in [7, 11) is 0. The van der Waals surface area contributed by atoms with Crippen LogP contribution in [0.3, 0.4) is 0 Å². The minimum Gasteiger partial charge on any atom is -0.359 e. The molecule has 0 saturated carbocycles. The van der Waals surface area contributed by atoms with E-state index in [1.165, 1.54) is 0 Å². The number of anilines is 1. The molecule has 3 heterocycles. The molecule has 3 amide bonds. The van der Waals surface area contributed by atoms with E-state index in [1.54, 1.807) is 41.0 Å². The van der Waals surface area contributed by atoms with Crippen LogP contribution >= 0.6 is 23.2 Å². The van der Waals surface area contributed by atoms with Crippen molar-refractivity contribution in [2.24, 2.45) is 0 Å². The van der Waals surface area contributed by atoms with Crippen molar-refractivity contribution in [3.63, 3.8) is 0 Å². The molecule has 0 spiro atoms. The standard InChI is InChI=1S/C22H18Cl2N4O3/c1-12-18(19(26-31-12)17-15(23)8-4-9-16(17)24)25-22(30)28-11-5-10-27-20(28)13-6-2-3-7-14(13)21(27)29/h2-4,6-9,20H,5,10-11H2,1H3,(H,25,30)/t20-/m0/s1. The summed E-state index contributed by atoms with van der Waals surface area (Å²) < 4.78 is 5.34. The number of nitrogens with one attached hydrogen (secondary N) is 1. The third kappa shape index (κ3) is 3.16. The Morgan fingerprint density at radius 3 is 2.65 bits per heavy atom. The van der Waals surface area contributed by atoms with E-state index in [0.29, 0.717) is 57.8 Å². The maximum absolute atomic E-state index is 13.4. The van der Waals surface area contributed by atoms with Crippen LogP contribution in [0.1, 0.15) is 34.3 Å². The SMILES string of the molecule is Cc1onc(-c2c(Cl)cccc2Cl)c1NC(=O)N1CCCN2C(=O)c3ccccc3[C@H]12. The van der Waals surface area contributed by atoms with E-state index in [-0.39, 0.29) is 11.9 Å². The zero-order valence-corrected chi connectivity index (χ0v) is 18.1. The van der Waals surface area contributed by atoms with E-state index in [2.05, 4.69) is 10.5 Å². The molecule has 0 unspecified atom stereocenters. The molecule has 1 fully saturated rings. The van der Waals surface area contributed by atoms with Gasteiger partial charge in [0.1, 0.15) is 17.5 Å². The first-order valence-electron chi connectivity index (χ1n) is 9.85. The van der Waals surface area contributed by atoms with Crippen LogP contribution in [0.4, 0.5) is 10.5 Å². The first-order valence-corrected chi connectivity index (χ1v) is 10.6. The van der Waals surface area contributed by atoms with Gasteiger partial charge >= 0.3 is 6.03 Å². The fraction of sp³-hybridized carbons (Fsp3) is 0.227. The van der Waals surface area contributed by atoms with Gasteiger partial charge in [0.25, 0.3) is 5.91 Å². The molecule has 3 aromatic rings. The summed E-state index contributed by atoms with van der Waals surface area (Å²) in [5.74, 6) is 0.374. The number of hydrogen-bond acceptors (Lipinski definition) is 4. The molecular weight excluding hydrogens is 439 g/mol. The number of hydrogen-bond donors (Lipinski definition) is 1. The predicted molar refractivity (Wildman–Crippen MR) is 117 cm³/mol. The highest BCUT2D eigenvalue weighted by atomic mass is 35.5. The van der Waals surface area contributed by atoms with Gasteiger partial charge in [0.15, 0.2) is 5.76 Å². The van der Waals surface area contributed by atoms with Crippen molar-refractivity contribution in [1.29, 1.82) is 0 Å².